The minimum Gasteiger partial charge on any atom is -0.444 e. The van der Waals surface area contributed by atoms with E-state index < -0.39 is 86.3 Å². The van der Waals surface area contributed by atoms with Gasteiger partial charge in [0.25, 0.3) is 5.91 Å². The van der Waals surface area contributed by atoms with Gasteiger partial charge in [-0.15, -0.1) is 6.58 Å². The Labute approximate surface area is 286 Å². The van der Waals surface area contributed by atoms with Gasteiger partial charge in [-0.2, -0.15) is 0 Å². The van der Waals surface area contributed by atoms with Gasteiger partial charge >= 0.3 is 12.2 Å². The maximum Gasteiger partial charge on any atom is 0.410 e. The molecule has 0 radical (unpaired) electrons. The number of cyclic esters (lactones) is 1. The van der Waals surface area contributed by atoms with Crippen LogP contribution in [0.4, 0.5) is 9.59 Å². The molecule has 3 fully saturated rings. The molecule has 3 aliphatic heterocycles. The number of sulfonamides is 1. The first-order chi connectivity index (χ1) is 23.0. The van der Waals surface area contributed by atoms with E-state index in [-0.39, 0.29) is 19.4 Å². The standard InChI is InChI=1S/C34H45N5O9S/c1-6-22-15-34(22,30(42)37-49(45,46)24-10-11-24)36-28(40)26-14-23-17-39(26)29(41)27(19(2)3)35-31(43)48-33(4,5)13-12-20-8-7-9-21-16-38(18-25(20)21)32(44)47-23/h6-9,19,22-24,26-27H,1,10-18H2,2-5H3,(H,35,43)(H,36,40)(H,37,42). The van der Waals surface area contributed by atoms with E-state index >= 15 is 0 Å². The second-order valence-corrected chi connectivity index (χ2v) is 16.8. The molecular weight excluding hydrogens is 654 g/mol. The molecule has 5 atom stereocenters. The van der Waals surface area contributed by atoms with Crippen molar-refractivity contribution in [1.29, 1.82) is 0 Å². The molecule has 1 aromatic rings. The van der Waals surface area contributed by atoms with Gasteiger partial charge < -0.3 is 25.0 Å². The summed E-state index contributed by atoms with van der Waals surface area (Å²) in [4.78, 5) is 71.2. The van der Waals surface area contributed by atoms with E-state index in [2.05, 4.69) is 21.9 Å². The lowest BCUT2D eigenvalue weighted by molar-refractivity contribution is -0.142. The summed E-state index contributed by atoms with van der Waals surface area (Å²) in [5.41, 5.74) is 0.576. The van der Waals surface area contributed by atoms with Crippen LogP contribution in [0.15, 0.2) is 30.9 Å². The number of amides is 5. The number of carbonyl (C=O) groups excluding carboxylic acids is 5. The van der Waals surface area contributed by atoms with Gasteiger partial charge in [0.15, 0.2) is 0 Å². The molecular formula is C34H45N5O9S. The maximum absolute atomic E-state index is 14.2. The van der Waals surface area contributed by atoms with Gasteiger partial charge in [0.1, 0.15) is 29.3 Å². The van der Waals surface area contributed by atoms with E-state index in [0.717, 1.165) is 16.7 Å². The van der Waals surface area contributed by atoms with Gasteiger partial charge in [0.05, 0.1) is 11.8 Å². The molecule has 1 saturated heterocycles. The summed E-state index contributed by atoms with van der Waals surface area (Å²) in [5.74, 6) is -3.11. The summed E-state index contributed by atoms with van der Waals surface area (Å²) >= 11 is 0. The van der Waals surface area contributed by atoms with Gasteiger partial charge in [-0.05, 0) is 68.6 Å². The highest BCUT2D eigenvalue weighted by atomic mass is 32.2. The van der Waals surface area contributed by atoms with Gasteiger partial charge in [0.2, 0.25) is 21.8 Å². The topological polar surface area (TPSA) is 181 Å². The number of nitrogens with zero attached hydrogens (tertiary/aromatic N) is 2. The number of aryl methyl sites for hydroxylation is 1. The van der Waals surface area contributed by atoms with Gasteiger partial charge in [-0.1, -0.05) is 38.1 Å². The minimum atomic E-state index is -3.90. The lowest BCUT2D eigenvalue weighted by atomic mass is 9.94. The fraction of sp³-hybridized carbons (Fsp3) is 0.618. The Bertz CT molecular complexity index is 1690. The highest BCUT2D eigenvalue weighted by molar-refractivity contribution is 7.91. The zero-order chi connectivity index (χ0) is 35.5. The zero-order valence-electron chi connectivity index (χ0n) is 28.3. The van der Waals surface area contributed by atoms with Crippen LogP contribution in [0.25, 0.3) is 0 Å². The van der Waals surface area contributed by atoms with Crippen LogP contribution in [-0.4, -0.2) is 89.2 Å². The SMILES string of the molecule is C=CC1CC1(NC(=O)C1CC2CN1C(=O)C(C(C)C)NC(=O)OC(C)(C)CCc1cccc3c1CN(C3)C(=O)O2)C(=O)NS(=O)(=O)C1CC1. The summed E-state index contributed by atoms with van der Waals surface area (Å²) in [7, 11) is -3.90. The zero-order valence-corrected chi connectivity index (χ0v) is 29.1. The van der Waals surface area contributed by atoms with E-state index in [0.29, 0.717) is 38.8 Å². The van der Waals surface area contributed by atoms with Crippen LogP contribution in [0.5, 0.6) is 0 Å². The van der Waals surface area contributed by atoms with Crippen LogP contribution in [0.1, 0.15) is 76.5 Å². The molecule has 15 heteroatoms. The van der Waals surface area contributed by atoms with Crippen molar-refractivity contribution >= 4 is 39.9 Å². The third kappa shape index (κ3) is 6.99. The normalized spacial score (nSPS) is 29.8. The Morgan fingerprint density at radius 3 is 2.49 bits per heavy atom. The van der Waals surface area contributed by atoms with Gasteiger partial charge in [-0.3, -0.25) is 24.0 Å². The van der Waals surface area contributed by atoms with Crippen molar-refractivity contribution < 1.29 is 41.9 Å². The third-order valence-electron chi connectivity index (χ3n) is 10.3. The molecule has 0 spiro atoms. The molecule has 266 valence electrons. The molecule has 4 bridgehead atoms. The van der Waals surface area contributed by atoms with Crippen molar-refractivity contribution in [2.75, 3.05) is 6.54 Å². The predicted octanol–water partition coefficient (Wildman–Crippen LogP) is 2.25. The van der Waals surface area contributed by atoms with Crippen LogP contribution in [-0.2, 0) is 53.4 Å². The van der Waals surface area contributed by atoms with Crippen LogP contribution in [0.2, 0.25) is 0 Å². The molecule has 2 saturated carbocycles. The highest BCUT2D eigenvalue weighted by Gasteiger charge is 2.62. The average Bonchev–Trinajstić information content (AvgIpc) is 3.92. The molecule has 6 rings (SSSR count). The van der Waals surface area contributed by atoms with Crippen molar-refractivity contribution in [2.24, 2.45) is 11.8 Å². The average molecular weight is 700 g/mol. The largest absolute Gasteiger partial charge is 0.444 e. The molecule has 2 aliphatic carbocycles. The first kappa shape index (κ1) is 34.7. The molecule has 49 heavy (non-hydrogen) atoms. The Kier molecular flexibility index (Phi) is 8.95. The number of hydrogen-bond acceptors (Lipinski definition) is 9. The molecule has 5 aliphatic rings. The summed E-state index contributed by atoms with van der Waals surface area (Å²) in [6, 6.07) is 3.60. The first-order valence-electron chi connectivity index (χ1n) is 16.9. The fourth-order valence-electron chi connectivity index (χ4n) is 7.05. The molecule has 3 N–H and O–H groups in total. The van der Waals surface area contributed by atoms with Crippen molar-refractivity contribution in [2.45, 2.75) is 114 Å². The van der Waals surface area contributed by atoms with Crippen molar-refractivity contribution in [1.82, 2.24) is 25.2 Å². The van der Waals surface area contributed by atoms with Crippen LogP contribution < -0.4 is 15.4 Å². The van der Waals surface area contributed by atoms with E-state index in [9.17, 15) is 32.4 Å². The van der Waals surface area contributed by atoms with Crippen molar-refractivity contribution in [3.05, 3.63) is 47.5 Å². The van der Waals surface area contributed by atoms with Crippen molar-refractivity contribution in [3.63, 3.8) is 0 Å². The molecule has 3 heterocycles. The number of alkyl carbamates (subject to hydrolysis) is 1. The molecule has 14 nitrogen and oxygen atoms in total. The third-order valence-corrected chi connectivity index (χ3v) is 12.1. The highest BCUT2D eigenvalue weighted by Crippen LogP contribution is 2.45. The van der Waals surface area contributed by atoms with Crippen LogP contribution in [0.3, 0.4) is 0 Å². The lowest BCUT2D eigenvalue weighted by Gasteiger charge is -2.32. The quantitative estimate of drug-likeness (QED) is 0.360. The lowest BCUT2D eigenvalue weighted by Crippen LogP contribution is -2.59. The van der Waals surface area contributed by atoms with Crippen LogP contribution in [0, 0.1) is 11.8 Å². The van der Waals surface area contributed by atoms with E-state index in [1.165, 1.54) is 11.0 Å². The number of fused-ring (bicyclic) bond motifs is 3. The van der Waals surface area contributed by atoms with Gasteiger partial charge in [-0.25, -0.2) is 18.0 Å². The first-order valence-corrected chi connectivity index (χ1v) is 18.4. The monoisotopic (exact) mass is 699 g/mol. The van der Waals surface area contributed by atoms with Crippen molar-refractivity contribution in [3.8, 4) is 0 Å². The van der Waals surface area contributed by atoms with E-state index in [1.807, 2.05) is 18.2 Å². The molecule has 0 aromatic heterocycles. The number of hydrogen-bond donors (Lipinski definition) is 3. The Morgan fingerprint density at radius 2 is 1.84 bits per heavy atom. The molecule has 5 amide bonds. The van der Waals surface area contributed by atoms with E-state index in [4.69, 9.17) is 9.47 Å². The molecule has 5 unspecified atom stereocenters. The fourth-order valence-corrected chi connectivity index (χ4v) is 8.42. The number of nitrogens with one attached hydrogen (secondary N) is 3. The molecule has 1 aromatic carbocycles. The number of rotatable bonds is 7. The Morgan fingerprint density at radius 1 is 1.12 bits per heavy atom. The van der Waals surface area contributed by atoms with Gasteiger partial charge in [0, 0.05) is 25.4 Å². The number of benzene rings is 1. The predicted molar refractivity (Wildman–Crippen MR) is 176 cm³/mol. The second kappa shape index (κ2) is 12.6. The summed E-state index contributed by atoms with van der Waals surface area (Å²) in [6.45, 7) is 11.3. The number of carbonyl (C=O) groups is 5. The Balaban J connectivity index is 1.28. The smallest absolute Gasteiger partial charge is 0.410 e. The summed E-state index contributed by atoms with van der Waals surface area (Å²) < 4.78 is 39.0. The second-order valence-electron chi connectivity index (χ2n) is 14.9. The summed E-state index contributed by atoms with van der Waals surface area (Å²) in [5, 5.41) is 4.78. The number of ether oxygens (including phenoxy) is 2. The van der Waals surface area contributed by atoms with E-state index in [1.54, 1.807) is 32.6 Å². The van der Waals surface area contributed by atoms with Crippen LogP contribution >= 0.6 is 0 Å². The summed E-state index contributed by atoms with van der Waals surface area (Å²) in [6.07, 6.45) is 1.28. The maximum atomic E-state index is 14.2. The Hall–Kier alpha value is -4.14. The minimum absolute atomic E-state index is 0.0749.